The maximum absolute atomic E-state index is 12.3. The van der Waals surface area contributed by atoms with Crippen molar-refractivity contribution in [2.24, 2.45) is 0 Å². The van der Waals surface area contributed by atoms with Crippen LogP contribution in [0.1, 0.15) is 29.2 Å². The Labute approximate surface area is 159 Å². The highest BCUT2D eigenvalue weighted by molar-refractivity contribution is 7.17. The van der Waals surface area contributed by atoms with E-state index in [1.165, 1.54) is 6.07 Å². The summed E-state index contributed by atoms with van der Waals surface area (Å²) in [6, 6.07) is 4.73. The first kappa shape index (κ1) is 19.5. The molecule has 1 atom stereocenters. The van der Waals surface area contributed by atoms with Crippen LogP contribution in [0.2, 0.25) is 10.0 Å². The zero-order valence-corrected chi connectivity index (χ0v) is 16.1. The van der Waals surface area contributed by atoms with Crippen molar-refractivity contribution >= 4 is 51.5 Å². The standard InChI is InChI=1S/C16H16Cl2N2O4S/c1-4-23-15(22)13-8(2)19-16(25-13)20-14(21)9(3)24-12-6-5-10(17)7-11(12)18/h5-7,9H,4H2,1-3H3,(H,19,20,21)/t9-/m0/s1. The van der Waals surface area contributed by atoms with Crippen LogP contribution in [0.25, 0.3) is 0 Å². The summed E-state index contributed by atoms with van der Waals surface area (Å²) in [5, 5.41) is 3.69. The third kappa shape index (κ3) is 5.07. The number of hydrogen-bond donors (Lipinski definition) is 1. The van der Waals surface area contributed by atoms with E-state index in [9.17, 15) is 9.59 Å². The summed E-state index contributed by atoms with van der Waals surface area (Å²) >= 11 is 12.9. The van der Waals surface area contributed by atoms with E-state index < -0.39 is 18.0 Å². The Morgan fingerprint density at radius 1 is 1.36 bits per heavy atom. The van der Waals surface area contributed by atoms with E-state index in [1.807, 2.05) is 0 Å². The van der Waals surface area contributed by atoms with Gasteiger partial charge < -0.3 is 9.47 Å². The van der Waals surface area contributed by atoms with Crippen LogP contribution in [0.4, 0.5) is 5.13 Å². The van der Waals surface area contributed by atoms with E-state index in [0.29, 0.717) is 31.5 Å². The third-order valence-corrected chi connectivity index (χ3v) is 4.64. The molecule has 2 rings (SSSR count). The summed E-state index contributed by atoms with van der Waals surface area (Å²) in [5.41, 5.74) is 0.494. The van der Waals surface area contributed by atoms with Crippen molar-refractivity contribution < 1.29 is 19.1 Å². The molecular weight excluding hydrogens is 387 g/mol. The fourth-order valence-electron chi connectivity index (χ4n) is 1.86. The molecular formula is C16H16Cl2N2O4S. The summed E-state index contributed by atoms with van der Waals surface area (Å²) in [4.78, 5) is 28.6. The molecule has 0 unspecified atom stereocenters. The molecule has 6 nitrogen and oxygen atoms in total. The minimum atomic E-state index is -0.825. The van der Waals surface area contributed by atoms with Crippen LogP contribution in [-0.2, 0) is 9.53 Å². The number of rotatable bonds is 6. The van der Waals surface area contributed by atoms with Crippen LogP contribution >= 0.6 is 34.5 Å². The van der Waals surface area contributed by atoms with Gasteiger partial charge in [0.1, 0.15) is 10.6 Å². The van der Waals surface area contributed by atoms with Gasteiger partial charge in [-0.25, -0.2) is 9.78 Å². The van der Waals surface area contributed by atoms with Crippen molar-refractivity contribution in [2.75, 3.05) is 11.9 Å². The number of nitrogens with one attached hydrogen (secondary N) is 1. The van der Waals surface area contributed by atoms with E-state index in [2.05, 4.69) is 10.3 Å². The van der Waals surface area contributed by atoms with Gasteiger partial charge in [0.05, 0.1) is 17.3 Å². The third-order valence-electron chi connectivity index (χ3n) is 3.05. The smallest absolute Gasteiger partial charge is 0.350 e. The van der Waals surface area contributed by atoms with Gasteiger partial charge in [0, 0.05) is 5.02 Å². The molecule has 0 fully saturated rings. The molecule has 0 spiro atoms. The Balaban J connectivity index is 2.03. The van der Waals surface area contributed by atoms with Gasteiger partial charge >= 0.3 is 5.97 Å². The number of thiazole rings is 1. The van der Waals surface area contributed by atoms with Crippen molar-refractivity contribution in [2.45, 2.75) is 26.9 Å². The molecule has 9 heteroatoms. The van der Waals surface area contributed by atoms with Crippen LogP contribution in [0.3, 0.4) is 0 Å². The first-order valence-electron chi connectivity index (χ1n) is 7.39. The van der Waals surface area contributed by atoms with Crippen molar-refractivity contribution in [1.82, 2.24) is 4.98 Å². The van der Waals surface area contributed by atoms with Crippen molar-refractivity contribution in [3.8, 4) is 5.75 Å². The lowest BCUT2D eigenvalue weighted by molar-refractivity contribution is -0.122. The van der Waals surface area contributed by atoms with Gasteiger partial charge in [-0.15, -0.1) is 0 Å². The lowest BCUT2D eigenvalue weighted by atomic mass is 10.3. The molecule has 134 valence electrons. The molecule has 1 aromatic carbocycles. The molecule has 0 saturated heterocycles. The zero-order chi connectivity index (χ0) is 18.6. The number of nitrogens with zero attached hydrogens (tertiary/aromatic N) is 1. The monoisotopic (exact) mass is 402 g/mol. The highest BCUT2D eigenvalue weighted by atomic mass is 35.5. The van der Waals surface area contributed by atoms with E-state index in [-0.39, 0.29) is 6.61 Å². The molecule has 25 heavy (non-hydrogen) atoms. The molecule has 0 saturated carbocycles. The minimum absolute atomic E-state index is 0.268. The molecule has 1 aromatic heterocycles. The van der Waals surface area contributed by atoms with Crippen LogP contribution in [0.15, 0.2) is 18.2 Å². The molecule has 1 N–H and O–H groups in total. The fourth-order valence-corrected chi connectivity index (χ4v) is 3.17. The van der Waals surface area contributed by atoms with Crippen LogP contribution in [-0.4, -0.2) is 29.6 Å². The Morgan fingerprint density at radius 3 is 2.72 bits per heavy atom. The quantitative estimate of drug-likeness (QED) is 0.726. The van der Waals surface area contributed by atoms with E-state index in [4.69, 9.17) is 32.7 Å². The number of esters is 1. The second-order valence-electron chi connectivity index (χ2n) is 4.98. The summed E-state index contributed by atoms with van der Waals surface area (Å²) in [7, 11) is 0. The van der Waals surface area contributed by atoms with Crippen molar-refractivity contribution in [3.05, 3.63) is 38.8 Å². The number of ether oxygens (including phenoxy) is 2. The van der Waals surface area contributed by atoms with Gasteiger partial charge in [-0.3, -0.25) is 10.1 Å². The first-order valence-corrected chi connectivity index (χ1v) is 8.96. The first-order chi connectivity index (χ1) is 11.8. The van der Waals surface area contributed by atoms with Crippen LogP contribution < -0.4 is 10.1 Å². The number of carbonyl (C=O) groups excluding carboxylic acids is 2. The largest absolute Gasteiger partial charge is 0.479 e. The number of aromatic nitrogens is 1. The van der Waals surface area contributed by atoms with Gasteiger partial charge in [-0.1, -0.05) is 34.5 Å². The molecule has 0 aliphatic rings. The minimum Gasteiger partial charge on any atom is -0.479 e. The van der Waals surface area contributed by atoms with Gasteiger partial charge in [0.25, 0.3) is 5.91 Å². The summed E-state index contributed by atoms with van der Waals surface area (Å²) in [6.07, 6.45) is -0.825. The van der Waals surface area contributed by atoms with Crippen LogP contribution in [0.5, 0.6) is 5.75 Å². The predicted octanol–water partition coefficient (Wildman–Crippen LogP) is 4.34. The lowest BCUT2D eigenvalue weighted by Crippen LogP contribution is -2.30. The van der Waals surface area contributed by atoms with E-state index in [1.54, 1.807) is 32.9 Å². The molecule has 1 heterocycles. The molecule has 0 aliphatic heterocycles. The number of anilines is 1. The van der Waals surface area contributed by atoms with Gasteiger partial charge in [-0.2, -0.15) is 0 Å². The Hall–Kier alpha value is -1.83. The Morgan fingerprint density at radius 2 is 2.08 bits per heavy atom. The SMILES string of the molecule is CCOC(=O)c1sc(NC(=O)[C@H](C)Oc2ccc(Cl)cc2Cl)nc1C. The number of hydrogen-bond acceptors (Lipinski definition) is 6. The summed E-state index contributed by atoms with van der Waals surface area (Å²) < 4.78 is 10.5. The maximum Gasteiger partial charge on any atom is 0.350 e. The topological polar surface area (TPSA) is 77.5 Å². The maximum atomic E-state index is 12.3. The lowest BCUT2D eigenvalue weighted by Gasteiger charge is -2.14. The number of benzene rings is 1. The number of aryl methyl sites for hydroxylation is 1. The summed E-state index contributed by atoms with van der Waals surface area (Å²) in [5.74, 6) is -0.540. The highest BCUT2D eigenvalue weighted by Gasteiger charge is 2.21. The molecule has 0 aliphatic carbocycles. The van der Waals surface area contributed by atoms with Crippen molar-refractivity contribution in [3.63, 3.8) is 0 Å². The van der Waals surface area contributed by atoms with Crippen molar-refractivity contribution in [1.29, 1.82) is 0 Å². The average Bonchev–Trinajstić information content (AvgIpc) is 2.90. The Bertz CT molecular complexity index is 794. The van der Waals surface area contributed by atoms with Gasteiger partial charge in [-0.05, 0) is 39.0 Å². The molecule has 1 amide bonds. The normalized spacial score (nSPS) is 11.7. The second-order valence-corrected chi connectivity index (χ2v) is 6.82. The Kier molecular flexibility index (Phi) is 6.64. The number of halogens is 2. The molecule has 0 radical (unpaired) electrons. The fraction of sp³-hybridized carbons (Fsp3) is 0.312. The molecule has 2 aromatic rings. The number of amides is 1. The van der Waals surface area contributed by atoms with Crippen LogP contribution in [0, 0.1) is 6.92 Å². The van der Waals surface area contributed by atoms with E-state index in [0.717, 1.165) is 11.3 Å². The average molecular weight is 403 g/mol. The number of carbonyl (C=O) groups is 2. The second kappa shape index (κ2) is 8.51. The molecule has 0 bridgehead atoms. The summed E-state index contributed by atoms with van der Waals surface area (Å²) in [6.45, 7) is 5.24. The highest BCUT2D eigenvalue weighted by Crippen LogP contribution is 2.29. The zero-order valence-electron chi connectivity index (χ0n) is 13.8. The van der Waals surface area contributed by atoms with E-state index >= 15 is 0 Å². The predicted molar refractivity (Wildman–Crippen MR) is 98.0 cm³/mol. The van der Waals surface area contributed by atoms with Gasteiger partial charge in [0.15, 0.2) is 11.2 Å². The van der Waals surface area contributed by atoms with Gasteiger partial charge in [0.2, 0.25) is 0 Å².